The predicted octanol–water partition coefficient (Wildman–Crippen LogP) is 3.65. The zero-order chi connectivity index (χ0) is 20.4. The molecular weight excluding hydrogens is 364 g/mol. The first kappa shape index (κ1) is 21.9. The van der Waals surface area contributed by atoms with Gasteiger partial charge in [0.15, 0.2) is 5.41 Å². The Morgan fingerprint density at radius 3 is 2.33 bits per heavy atom. The van der Waals surface area contributed by atoms with Gasteiger partial charge >= 0.3 is 11.9 Å². The second kappa shape index (κ2) is 10.1. The SMILES string of the molecule is C=CCC(C(=O)OC)/C(C(=O)OC)=C(\c1cccs1)C(C#N)(C#N)CC=C. The maximum absolute atomic E-state index is 12.7. The van der Waals surface area contributed by atoms with Crippen molar-refractivity contribution in [3.8, 4) is 12.1 Å². The largest absolute Gasteiger partial charge is 0.469 e. The van der Waals surface area contributed by atoms with E-state index in [9.17, 15) is 20.1 Å². The number of hydrogen-bond donors (Lipinski definition) is 0. The van der Waals surface area contributed by atoms with Crippen molar-refractivity contribution in [2.45, 2.75) is 12.8 Å². The number of nitrogens with zero attached hydrogens (tertiary/aromatic N) is 2. The van der Waals surface area contributed by atoms with Gasteiger partial charge in [-0.05, 0) is 17.9 Å². The van der Waals surface area contributed by atoms with Gasteiger partial charge in [0, 0.05) is 16.9 Å². The highest BCUT2D eigenvalue weighted by molar-refractivity contribution is 7.11. The van der Waals surface area contributed by atoms with Crippen LogP contribution in [0.15, 0.2) is 48.4 Å². The summed E-state index contributed by atoms with van der Waals surface area (Å²) >= 11 is 1.25. The molecule has 0 bridgehead atoms. The molecule has 1 heterocycles. The number of ether oxygens (including phenoxy) is 2. The highest BCUT2D eigenvalue weighted by Crippen LogP contribution is 2.44. The average molecular weight is 384 g/mol. The lowest BCUT2D eigenvalue weighted by Crippen LogP contribution is -2.29. The maximum Gasteiger partial charge on any atom is 0.335 e. The van der Waals surface area contributed by atoms with Gasteiger partial charge in [-0.1, -0.05) is 18.2 Å². The van der Waals surface area contributed by atoms with Gasteiger partial charge in [0.25, 0.3) is 0 Å². The second-order valence-corrected chi connectivity index (χ2v) is 6.43. The number of thiophene rings is 1. The molecule has 6 nitrogen and oxygen atoms in total. The van der Waals surface area contributed by atoms with Crippen molar-refractivity contribution < 1.29 is 19.1 Å². The van der Waals surface area contributed by atoms with E-state index in [0.29, 0.717) is 4.88 Å². The first-order valence-corrected chi connectivity index (χ1v) is 8.83. The summed E-state index contributed by atoms with van der Waals surface area (Å²) in [6, 6.07) is 7.40. The summed E-state index contributed by atoms with van der Waals surface area (Å²) in [5, 5.41) is 21.4. The summed E-state index contributed by atoms with van der Waals surface area (Å²) < 4.78 is 9.73. The summed E-state index contributed by atoms with van der Waals surface area (Å²) in [7, 11) is 2.37. The molecule has 0 aliphatic rings. The van der Waals surface area contributed by atoms with Crippen LogP contribution in [0.2, 0.25) is 0 Å². The fourth-order valence-electron chi connectivity index (χ4n) is 2.71. The zero-order valence-corrected chi connectivity index (χ0v) is 16.0. The van der Waals surface area contributed by atoms with Crippen molar-refractivity contribution in [1.29, 1.82) is 10.5 Å². The molecule has 1 unspecified atom stereocenters. The molecule has 0 aliphatic heterocycles. The van der Waals surface area contributed by atoms with E-state index in [-0.39, 0.29) is 24.0 Å². The fraction of sp³-hybridized carbons (Fsp3) is 0.300. The van der Waals surface area contributed by atoms with Gasteiger partial charge in [0.05, 0.1) is 37.8 Å². The van der Waals surface area contributed by atoms with Crippen molar-refractivity contribution >= 4 is 28.8 Å². The number of nitriles is 2. The van der Waals surface area contributed by atoms with Crippen molar-refractivity contribution in [3.05, 3.63) is 53.3 Å². The van der Waals surface area contributed by atoms with E-state index in [4.69, 9.17) is 9.47 Å². The molecule has 1 aromatic rings. The molecule has 1 aromatic heterocycles. The van der Waals surface area contributed by atoms with Crippen LogP contribution in [0.3, 0.4) is 0 Å². The smallest absolute Gasteiger partial charge is 0.335 e. The summed E-state index contributed by atoms with van der Waals surface area (Å²) in [4.78, 5) is 25.6. The molecule has 0 amide bonds. The minimum absolute atomic E-state index is 0.0320. The molecule has 0 radical (unpaired) electrons. The number of rotatable bonds is 9. The Hall–Kier alpha value is -3.16. The van der Waals surface area contributed by atoms with Crippen LogP contribution in [0, 0.1) is 34.0 Å². The first-order valence-electron chi connectivity index (χ1n) is 7.95. The Labute approximate surface area is 162 Å². The highest BCUT2D eigenvalue weighted by Gasteiger charge is 2.43. The van der Waals surface area contributed by atoms with Crippen LogP contribution in [0.1, 0.15) is 17.7 Å². The van der Waals surface area contributed by atoms with Crippen LogP contribution >= 0.6 is 11.3 Å². The Balaban J connectivity index is 4.04. The molecule has 140 valence electrons. The topological polar surface area (TPSA) is 100 Å². The molecule has 0 fully saturated rings. The van der Waals surface area contributed by atoms with E-state index >= 15 is 0 Å². The third-order valence-electron chi connectivity index (χ3n) is 3.94. The van der Waals surface area contributed by atoms with Crippen LogP contribution in [0.5, 0.6) is 0 Å². The molecule has 1 atom stereocenters. The van der Waals surface area contributed by atoms with Crippen molar-refractivity contribution in [2.24, 2.45) is 11.3 Å². The average Bonchev–Trinajstić information content (AvgIpc) is 3.22. The van der Waals surface area contributed by atoms with Gasteiger partial charge in [-0.15, -0.1) is 24.5 Å². The van der Waals surface area contributed by atoms with Crippen LogP contribution < -0.4 is 0 Å². The lowest BCUT2D eigenvalue weighted by atomic mass is 9.74. The Kier molecular flexibility index (Phi) is 8.19. The van der Waals surface area contributed by atoms with Crippen molar-refractivity contribution in [3.63, 3.8) is 0 Å². The lowest BCUT2D eigenvalue weighted by Gasteiger charge is -2.26. The van der Waals surface area contributed by atoms with Crippen molar-refractivity contribution in [2.75, 3.05) is 14.2 Å². The minimum atomic E-state index is -1.72. The lowest BCUT2D eigenvalue weighted by molar-refractivity contribution is -0.147. The van der Waals surface area contributed by atoms with Crippen LogP contribution in [-0.4, -0.2) is 26.2 Å². The minimum Gasteiger partial charge on any atom is -0.469 e. The fourth-order valence-corrected chi connectivity index (χ4v) is 3.57. The summed E-state index contributed by atoms with van der Waals surface area (Å²) in [6.07, 6.45) is 2.93. The Morgan fingerprint density at radius 1 is 1.26 bits per heavy atom. The van der Waals surface area contributed by atoms with Gasteiger partial charge in [-0.25, -0.2) is 4.79 Å². The van der Waals surface area contributed by atoms with E-state index in [1.165, 1.54) is 37.7 Å². The van der Waals surface area contributed by atoms with Gasteiger partial charge < -0.3 is 9.47 Å². The Morgan fingerprint density at radius 2 is 1.93 bits per heavy atom. The maximum atomic E-state index is 12.7. The molecular formula is C20H20N2O4S. The van der Waals surface area contributed by atoms with E-state index < -0.39 is 23.3 Å². The molecule has 0 N–H and O–H groups in total. The predicted molar refractivity (Wildman–Crippen MR) is 102 cm³/mol. The normalized spacial score (nSPS) is 12.6. The van der Waals surface area contributed by atoms with Gasteiger partial charge in [-0.3, -0.25) is 4.79 Å². The quantitative estimate of drug-likeness (QED) is 0.366. The molecule has 0 aliphatic carbocycles. The molecule has 0 saturated carbocycles. The standard InChI is InChI=1S/C20H20N2O4S/c1-5-8-14(18(23)25-3)16(19(24)26-4)17(15-9-7-11-27-15)20(12-21,13-22)10-6-2/h5-7,9,11,14H,1-2,8,10H2,3-4H3/b17-16-. The first-order chi connectivity index (χ1) is 13.0. The van der Waals surface area contributed by atoms with Gasteiger partial charge in [0.1, 0.15) is 0 Å². The molecule has 0 aromatic carbocycles. The summed E-state index contributed by atoms with van der Waals surface area (Å²) in [6.45, 7) is 7.24. The highest BCUT2D eigenvalue weighted by atomic mass is 32.1. The van der Waals surface area contributed by atoms with Gasteiger partial charge in [0.2, 0.25) is 0 Å². The van der Waals surface area contributed by atoms with Gasteiger partial charge in [-0.2, -0.15) is 10.5 Å². The number of methoxy groups -OCH3 is 2. The zero-order valence-electron chi connectivity index (χ0n) is 15.2. The third kappa shape index (κ3) is 4.52. The Bertz CT molecular complexity index is 811. The number of carbonyl (C=O) groups is 2. The molecule has 27 heavy (non-hydrogen) atoms. The van der Waals surface area contributed by atoms with Crippen molar-refractivity contribution in [1.82, 2.24) is 0 Å². The summed E-state index contributed by atoms with van der Waals surface area (Å²) in [5.74, 6) is -2.56. The number of allylic oxidation sites excluding steroid dienone is 3. The third-order valence-corrected chi connectivity index (χ3v) is 4.83. The number of esters is 2. The van der Waals surface area contributed by atoms with Crippen LogP contribution in [-0.2, 0) is 19.1 Å². The summed E-state index contributed by atoms with van der Waals surface area (Å²) in [5.41, 5.74) is -1.67. The molecule has 0 spiro atoms. The second-order valence-electron chi connectivity index (χ2n) is 5.48. The van der Waals surface area contributed by atoms with Crippen LogP contribution in [0.4, 0.5) is 0 Å². The number of carbonyl (C=O) groups excluding carboxylic acids is 2. The van der Waals surface area contributed by atoms with E-state index in [1.807, 2.05) is 12.1 Å². The van der Waals surface area contributed by atoms with Crippen LogP contribution in [0.25, 0.3) is 5.57 Å². The number of hydrogen-bond acceptors (Lipinski definition) is 7. The molecule has 0 saturated heterocycles. The van der Waals surface area contributed by atoms with E-state index in [2.05, 4.69) is 13.2 Å². The molecule has 7 heteroatoms. The monoisotopic (exact) mass is 384 g/mol. The van der Waals surface area contributed by atoms with E-state index in [1.54, 1.807) is 17.5 Å². The molecule has 1 rings (SSSR count). The van der Waals surface area contributed by atoms with E-state index in [0.717, 1.165) is 0 Å².